The number of carbonyl (C=O) groups is 1. The number of allylic oxidation sites excluding steroid dienone is 1. The molecule has 2 aliphatic rings. The molecule has 6 heteroatoms. The maximum absolute atomic E-state index is 13.1. The molecule has 4 nitrogen and oxygen atoms in total. The van der Waals surface area contributed by atoms with E-state index in [2.05, 4.69) is 22.9 Å². The van der Waals surface area contributed by atoms with Crippen LogP contribution in [0.4, 0.5) is 5.69 Å². The van der Waals surface area contributed by atoms with E-state index in [1.807, 2.05) is 42.1 Å². The van der Waals surface area contributed by atoms with Crippen molar-refractivity contribution in [2.24, 2.45) is 0 Å². The zero-order valence-electron chi connectivity index (χ0n) is 16.5. The summed E-state index contributed by atoms with van der Waals surface area (Å²) in [6, 6.07) is 11.7. The summed E-state index contributed by atoms with van der Waals surface area (Å²) in [5.74, 6) is -0.237. The van der Waals surface area contributed by atoms with Crippen LogP contribution in [0.3, 0.4) is 0 Å². The minimum absolute atomic E-state index is 0.237. The first kappa shape index (κ1) is 19.3. The van der Waals surface area contributed by atoms with Gasteiger partial charge in [-0.05, 0) is 60.8 Å². The molecule has 1 aromatic carbocycles. The third kappa shape index (κ3) is 3.42. The summed E-state index contributed by atoms with van der Waals surface area (Å²) in [4.78, 5) is 19.3. The van der Waals surface area contributed by atoms with Crippen molar-refractivity contribution in [2.75, 3.05) is 5.32 Å². The monoisotopic (exact) mass is 431 g/mol. The smallest absolute Gasteiger partial charge is 0.267 e. The lowest BCUT2D eigenvalue weighted by molar-refractivity contribution is 0.103. The van der Waals surface area contributed by atoms with Crippen LogP contribution in [0.15, 0.2) is 41.8 Å². The van der Waals surface area contributed by atoms with Gasteiger partial charge in [0.05, 0.1) is 5.56 Å². The van der Waals surface area contributed by atoms with Gasteiger partial charge in [-0.2, -0.15) is 5.26 Å². The average Bonchev–Trinajstić information content (AvgIpc) is 3.35. The molecule has 3 heterocycles. The second-order valence-corrected chi connectivity index (χ2v) is 9.77. The quantitative estimate of drug-likeness (QED) is 0.489. The molecular weight excluding hydrogens is 410 g/mol. The van der Waals surface area contributed by atoms with Crippen molar-refractivity contribution < 1.29 is 4.79 Å². The van der Waals surface area contributed by atoms with Crippen molar-refractivity contribution in [3.05, 3.63) is 69.1 Å². The summed E-state index contributed by atoms with van der Waals surface area (Å²) in [5, 5.41) is 16.4. The van der Waals surface area contributed by atoms with Gasteiger partial charge in [-0.3, -0.25) is 4.79 Å². The van der Waals surface area contributed by atoms with E-state index in [0.29, 0.717) is 15.7 Å². The van der Waals surface area contributed by atoms with Crippen LogP contribution in [0.1, 0.15) is 63.0 Å². The number of rotatable bonds is 3. The number of anilines is 1. The average molecular weight is 432 g/mol. The van der Waals surface area contributed by atoms with E-state index in [0.717, 1.165) is 48.0 Å². The number of thioether (sulfide) groups is 1. The van der Waals surface area contributed by atoms with Gasteiger partial charge in [0.25, 0.3) is 5.91 Å². The third-order valence-corrected chi connectivity index (χ3v) is 7.96. The number of hydrogen-bond acceptors (Lipinski definition) is 5. The van der Waals surface area contributed by atoms with Gasteiger partial charge < -0.3 is 5.32 Å². The van der Waals surface area contributed by atoms with Crippen LogP contribution in [0.5, 0.6) is 0 Å². The Bertz CT molecular complexity index is 1180. The number of nitrogens with zero attached hydrogens (tertiary/aromatic N) is 2. The second kappa shape index (κ2) is 8.25. The highest BCUT2D eigenvalue weighted by Crippen LogP contribution is 2.47. The van der Waals surface area contributed by atoms with E-state index in [9.17, 15) is 10.1 Å². The molecule has 0 radical (unpaired) electrons. The number of pyridine rings is 1. The van der Waals surface area contributed by atoms with Crippen molar-refractivity contribution in [3.63, 3.8) is 0 Å². The number of aryl methyl sites for hydroxylation is 1. The molecule has 1 unspecified atom stereocenters. The number of hydrogen-bond donors (Lipinski definition) is 1. The number of aromatic nitrogens is 1. The van der Waals surface area contributed by atoms with Gasteiger partial charge in [0.15, 0.2) is 0 Å². The van der Waals surface area contributed by atoms with E-state index in [-0.39, 0.29) is 5.91 Å². The number of para-hydroxylation sites is 1. The number of fused-ring (bicyclic) bond motifs is 2. The Morgan fingerprint density at radius 1 is 1.17 bits per heavy atom. The SMILES string of the molecule is N#Cc1c(C(=O)Nc2ccccc2)sc2nc3c(c(C4CC=CS4)c12)CCCCC3. The Labute approximate surface area is 184 Å². The van der Waals surface area contributed by atoms with Crippen LogP contribution < -0.4 is 5.32 Å². The first-order valence-corrected chi connectivity index (χ1v) is 12.1. The molecule has 150 valence electrons. The molecule has 0 fully saturated rings. The van der Waals surface area contributed by atoms with Crippen LogP contribution >= 0.6 is 23.1 Å². The first-order chi connectivity index (χ1) is 14.8. The summed E-state index contributed by atoms with van der Waals surface area (Å²) in [5.41, 5.74) is 4.95. The standard InChI is InChI=1S/C24H21N3OS2/c25-14-17-21-20(19-12-7-13-29-19)16-10-5-2-6-11-18(16)27-24(21)30-22(17)23(28)26-15-8-3-1-4-9-15/h1,3-4,7-9,13,19H,2,5-6,10-12H2,(H,26,28). The van der Waals surface area contributed by atoms with E-state index in [1.54, 1.807) is 0 Å². The molecule has 0 spiro atoms. The van der Waals surface area contributed by atoms with E-state index >= 15 is 0 Å². The molecule has 3 aromatic rings. The molecule has 0 bridgehead atoms. The maximum atomic E-state index is 13.1. The van der Waals surface area contributed by atoms with Crippen molar-refractivity contribution in [1.29, 1.82) is 5.26 Å². The highest BCUT2D eigenvalue weighted by molar-refractivity contribution is 8.02. The van der Waals surface area contributed by atoms with Gasteiger partial charge in [0, 0.05) is 22.0 Å². The number of nitrogens with one attached hydrogen (secondary N) is 1. The van der Waals surface area contributed by atoms with Crippen molar-refractivity contribution in [3.8, 4) is 6.07 Å². The third-order valence-electron chi connectivity index (χ3n) is 5.77. The molecule has 1 aliphatic carbocycles. The topological polar surface area (TPSA) is 65.8 Å². The summed E-state index contributed by atoms with van der Waals surface area (Å²) in [7, 11) is 0. The number of carbonyl (C=O) groups excluding carboxylic acids is 1. The van der Waals surface area contributed by atoms with Gasteiger partial charge in [-0.25, -0.2) is 4.98 Å². The lowest BCUT2D eigenvalue weighted by Gasteiger charge is -2.18. The van der Waals surface area contributed by atoms with Gasteiger partial charge >= 0.3 is 0 Å². The minimum Gasteiger partial charge on any atom is -0.321 e. The molecular formula is C24H21N3OS2. The normalized spacial score (nSPS) is 18.0. The zero-order valence-corrected chi connectivity index (χ0v) is 18.1. The Hall–Kier alpha value is -2.62. The number of amides is 1. The van der Waals surface area contributed by atoms with Crippen LogP contribution in [-0.2, 0) is 12.8 Å². The van der Waals surface area contributed by atoms with Crippen LogP contribution in [0.2, 0.25) is 0 Å². The van der Waals surface area contributed by atoms with Gasteiger partial charge in [0.2, 0.25) is 0 Å². The highest BCUT2D eigenvalue weighted by Gasteiger charge is 2.30. The summed E-state index contributed by atoms with van der Waals surface area (Å²) in [6.45, 7) is 0. The van der Waals surface area contributed by atoms with E-state index < -0.39 is 0 Å². The van der Waals surface area contributed by atoms with Crippen molar-refractivity contribution in [1.82, 2.24) is 4.98 Å². The highest BCUT2D eigenvalue weighted by atomic mass is 32.2. The zero-order chi connectivity index (χ0) is 20.5. The molecule has 2 aromatic heterocycles. The molecule has 30 heavy (non-hydrogen) atoms. The lowest BCUT2D eigenvalue weighted by Crippen LogP contribution is -2.11. The fourth-order valence-electron chi connectivity index (χ4n) is 4.40. The van der Waals surface area contributed by atoms with Crippen LogP contribution in [0.25, 0.3) is 10.2 Å². The minimum atomic E-state index is -0.237. The van der Waals surface area contributed by atoms with E-state index in [4.69, 9.17) is 4.98 Å². The number of thiophene rings is 1. The second-order valence-electron chi connectivity index (χ2n) is 7.66. The number of benzene rings is 1. The Morgan fingerprint density at radius 3 is 2.77 bits per heavy atom. The number of nitriles is 1. The van der Waals surface area contributed by atoms with Gasteiger partial charge in [-0.1, -0.05) is 30.7 Å². The lowest BCUT2D eigenvalue weighted by atomic mass is 9.93. The maximum Gasteiger partial charge on any atom is 0.267 e. The van der Waals surface area contributed by atoms with Crippen LogP contribution in [-0.4, -0.2) is 10.9 Å². The van der Waals surface area contributed by atoms with Crippen LogP contribution in [0, 0.1) is 11.3 Å². The fourth-order valence-corrected chi connectivity index (χ4v) is 6.49. The Kier molecular flexibility index (Phi) is 5.32. The first-order valence-electron chi connectivity index (χ1n) is 10.3. The molecule has 0 saturated heterocycles. The van der Waals surface area contributed by atoms with Gasteiger partial charge in [0.1, 0.15) is 15.8 Å². The molecule has 1 atom stereocenters. The summed E-state index contributed by atoms with van der Waals surface area (Å²) < 4.78 is 0. The van der Waals surface area contributed by atoms with Crippen molar-refractivity contribution in [2.45, 2.75) is 43.8 Å². The molecule has 1 N–H and O–H groups in total. The van der Waals surface area contributed by atoms with E-state index in [1.165, 1.54) is 34.6 Å². The molecule has 0 saturated carbocycles. The predicted molar refractivity (Wildman–Crippen MR) is 124 cm³/mol. The van der Waals surface area contributed by atoms with Crippen molar-refractivity contribution >= 4 is 44.9 Å². The fraction of sp³-hybridized carbons (Fsp3) is 0.292. The predicted octanol–water partition coefficient (Wildman–Crippen LogP) is 6.38. The molecule has 5 rings (SSSR count). The van der Waals surface area contributed by atoms with Gasteiger partial charge in [-0.15, -0.1) is 23.1 Å². The molecule has 1 aliphatic heterocycles. The largest absolute Gasteiger partial charge is 0.321 e. The Morgan fingerprint density at radius 2 is 2.00 bits per heavy atom. The summed E-state index contributed by atoms with van der Waals surface area (Å²) in [6.07, 6.45) is 8.68. The Balaban J connectivity index is 1.68. The summed E-state index contributed by atoms with van der Waals surface area (Å²) >= 11 is 3.17. The molecule has 1 amide bonds.